The molecule has 0 aromatic carbocycles. The number of piperidine rings is 1. The second kappa shape index (κ2) is 8.11. The van der Waals surface area contributed by atoms with Crippen molar-refractivity contribution in [2.45, 2.75) is 17.9 Å². The number of hydrogen-bond donors (Lipinski definition) is 0. The minimum absolute atomic E-state index is 0.0390. The largest absolute Gasteiger partial charge is 0.353 e. The fourth-order valence-corrected chi connectivity index (χ4v) is 5.46. The van der Waals surface area contributed by atoms with Crippen LogP contribution in [0, 0.1) is 5.92 Å². The molecule has 9 nitrogen and oxygen atoms in total. The summed E-state index contributed by atoms with van der Waals surface area (Å²) in [5.74, 6) is 0.667. The second-order valence-electron chi connectivity index (χ2n) is 7.58. The summed E-state index contributed by atoms with van der Waals surface area (Å²) in [5.41, 5.74) is 0. The summed E-state index contributed by atoms with van der Waals surface area (Å²) in [6, 6.07) is 5.81. The maximum Gasteiger partial charge on any atom is 0.262 e. The molecule has 0 unspecified atom stereocenters. The molecule has 0 bridgehead atoms. The van der Waals surface area contributed by atoms with Crippen molar-refractivity contribution in [2.24, 2.45) is 13.0 Å². The smallest absolute Gasteiger partial charge is 0.262 e. The van der Waals surface area contributed by atoms with E-state index >= 15 is 0 Å². The molecule has 2 aromatic heterocycles. The number of carbonyl (C=O) groups excluding carboxylic acids is 1. The molecule has 2 aromatic rings. The summed E-state index contributed by atoms with van der Waals surface area (Å²) < 4.78 is 28.7. The molecule has 1 atom stereocenters. The van der Waals surface area contributed by atoms with E-state index in [1.165, 1.54) is 16.8 Å². The number of imidazole rings is 1. The molecule has 2 saturated heterocycles. The van der Waals surface area contributed by atoms with Gasteiger partial charge >= 0.3 is 0 Å². The number of carbonyl (C=O) groups is 1. The Morgan fingerprint density at radius 2 is 1.90 bits per heavy atom. The Bertz CT molecular complexity index is 953. The third-order valence-corrected chi connectivity index (χ3v) is 7.33. The topological polar surface area (TPSA) is 91.6 Å². The maximum atomic E-state index is 13.1. The van der Waals surface area contributed by atoms with Crippen LogP contribution in [0.3, 0.4) is 0 Å². The average molecular weight is 419 g/mol. The van der Waals surface area contributed by atoms with Crippen LogP contribution in [0.1, 0.15) is 12.8 Å². The number of aromatic nitrogens is 3. The van der Waals surface area contributed by atoms with Gasteiger partial charge in [0.2, 0.25) is 5.91 Å². The first-order valence-electron chi connectivity index (χ1n) is 9.88. The van der Waals surface area contributed by atoms with Gasteiger partial charge in [-0.2, -0.15) is 4.31 Å². The highest BCUT2D eigenvalue weighted by Gasteiger charge is 2.36. The average Bonchev–Trinajstić information content (AvgIpc) is 3.21. The molecule has 2 fully saturated rings. The molecule has 2 aliphatic rings. The number of piperazine rings is 1. The Hall–Kier alpha value is -2.46. The molecule has 0 aliphatic carbocycles. The quantitative estimate of drug-likeness (QED) is 0.721. The van der Waals surface area contributed by atoms with E-state index in [1.807, 2.05) is 23.1 Å². The summed E-state index contributed by atoms with van der Waals surface area (Å²) in [6.45, 7) is 3.35. The first-order valence-corrected chi connectivity index (χ1v) is 11.3. The molecule has 29 heavy (non-hydrogen) atoms. The van der Waals surface area contributed by atoms with Crippen LogP contribution in [-0.2, 0) is 21.9 Å². The van der Waals surface area contributed by atoms with Crippen LogP contribution in [-0.4, -0.2) is 77.3 Å². The van der Waals surface area contributed by atoms with E-state index in [0.29, 0.717) is 32.5 Å². The second-order valence-corrected chi connectivity index (χ2v) is 9.46. The van der Waals surface area contributed by atoms with Crippen LogP contribution >= 0.6 is 0 Å². The molecule has 156 valence electrons. The summed E-state index contributed by atoms with van der Waals surface area (Å²) in [4.78, 5) is 25.4. The van der Waals surface area contributed by atoms with Crippen molar-refractivity contribution in [3.8, 4) is 0 Å². The minimum atomic E-state index is -3.67. The molecule has 4 heterocycles. The number of amides is 1. The predicted octanol–water partition coefficient (Wildman–Crippen LogP) is 0.565. The zero-order valence-electron chi connectivity index (χ0n) is 16.5. The molecule has 0 saturated carbocycles. The summed E-state index contributed by atoms with van der Waals surface area (Å²) in [7, 11) is -1.93. The molecular weight excluding hydrogens is 392 g/mol. The molecule has 10 heteroatoms. The van der Waals surface area contributed by atoms with E-state index in [-0.39, 0.29) is 23.4 Å². The van der Waals surface area contributed by atoms with Crippen LogP contribution in [0.4, 0.5) is 5.82 Å². The molecule has 2 aliphatic heterocycles. The van der Waals surface area contributed by atoms with E-state index in [2.05, 4.69) is 14.9 Å². The van der Waals surface area contributed by atoms with Gasteiger partial charge in [0, 0.05) is 58.7 Å². The molecule has 0 N–H and O–H groups in total. The lowest BCUT2D eigenvalue weighted by Crippen LogP contribution is -2.53. The van der Waals surface area contributed by atoms with Gasteiger partial charge in [-0.1, -0.05) is 6.07 Å². The zero-order chi connectivity index (χ0) is 20.4. The van der Waals surface area contributed by atoms with Crippen molar-refractivity contribution in [3.05, 3.63) is 36.9 Å². The summed E-state index contributed by atoms with van der Waals surface area (Å²) >= 11 is 0. The lowest BCUT2D eigenvalue weighted by atomic mass is 9.98. The zero-order valence-corrected chi connectivity index (χ0v) is 17.3. The van der Waals surface area contributed by atoms with E-state index in [9.17, 15) is 13.2 Å². The molecule has 4 rings (SSSR count). The Kier molecular flexibility index (Phi) is 5.55. The van der Waals surface area contributed by atoms with E-state index in [0.717, 1.165) is 18.9 Å². The van der Waals surface area contributed by atoms with Gasteiger partial charge in [-0.15, -0.1) is 0 Å². The van der Waals surface area contributed by atoms with Crippen LogP contribution in [0.2, 0.25) is 0 Å². The predicted molar refractivity (Wildman–Crippen MR) is 108 cm³/mol. The lowest BCUT2D eigenvalue weighted by molar-refractivity contribution is -0.137. The first-order chi connectivity index (χ1) is 13.9. The Morgan fingerprint density at radius 3 is 2.55 bits per heavy atom. The number of hydrogen-bond acceptors (Lipinski definition) is 6. The first kappa shape index (κ1) is 19.8. The third-order valence-electron chi connectivity index (χ3n) is 5.58. The lowest BCUT2D eigenvalue weighted by Gasteiger charge is -2.39. The molecule has 0 spiro atoms. The molecule has 1 amide bonds. The van der Waals surface area contributed by atoms with Crippen molar-refractivity contribution in [1.29, 1.82) is 0 Å². The van der Waals surface area contributed by atoms with Crippen molar-refractivity contribution in [1.82, 2.24) is 23.7 Å². The number of pyridine rings is 1. The maximum absolute atomic E-state index is 13.1. The van der Waals surface area contributed by atoms with Gasteiger partial charge in [-0.25, -0.2) is 18.4 Å². The van der Waals surface area contributed by atoms with Crippen molar-refractivity contribution < 1.29 is 13.2 Å². The highest BCUT2D eigenvalue weighted by molar-refractivity contribution is 7.89. The number of rotatable bonds is 4. The van der Waals surface area contributed by atoms with E-state index in [1.54, 1.807) is 17.8 Å². The highest BCUT2D eigenvalue weighted by atomic mass is 32.2. The number of sulfonamides is 1. The van der Waals surface area contributed by atoms with Gasteiger partial charge in [0.05, 0.1) is 12.2 Å². The highest BCUT2D eigenvalue weighted by Crippen LogP contribution is 2.25. The normalized spacial score (nSPS) is 21.3. The van der Waals surface area contributed by atoms with Gasteiger partial charge in [-0.05, 0) is 25.0 Å². The fraction of sp³-hybridized carbons (Fsp3) is 0.526. The van der Waals surface area contributed by atoms with E-state index < -0.39 is 10.0 Å². The summed E-state index contributed by atoms with van der Waals surface area (Å²) in [6.07, 6.45) is 6.13. The summed E-state index contributed by atoms with van der Waals surface area (Å²) in [5, 5.41) is 0.0390. The Morgan fingerprint density at radius 1 is 1.10 bits per heavy atom. The third kappa shape index (κ3) is 4.13. The van der Waals surface area contributed by atoms with Gasteiger partial charge < -0.3 is 14.4 Å². The number of nitrogens with zero attached hydrogens (tertiary/aromatic N) is 6. The molecule has 0 radical (unpaired) electrons. The fourth-order valence-electron chi connectivity index (χ4n) is 3.97. The number of aryl methyl sites for hydroxylation is 1. The Labute approximate surface area is 171 Å². The van der Waals surface area contributed by atoms with E-state index in [4.69, 9.17) is 0 Å². The van der Waals surface area contributed by atoms with Crippen molar-refractivity contribution >= 4 is 21.7 Å². The van der Waals surface area contributed by atoms with Crippen molar-refractivity contribution in [3.63, 3.8) is 0 Å². The monoisotopic (exact) mass is 418 g/mol. The van der Waals surface area contributed by atoms with Crippen LogP contribution in [0.25, 0.3) is 0 Å². The van der Waals surface area contributed by atoms with Gasteiger partial charge in [0.1, 0.15) is 5.82 Å². The SMILES string of the molecule is Cn1cnc(S(=O)(=O)N2CCC[C@H](C(=O)N3CCN(c4ccccn4)CC3)C2)c1. The standard InChI is InChI=1S/C19H26N6O3S/c1-22-14-18(21-15-22)29(27,28)25-8-4-5-16(13-25)19(26)24-11-9-23(10-12-24)17-6-2-3-7-20-17/h2-3,6-7,14-16H,4-5,8-13H2,1H3/t16-/m0/s1. The van der Waals surface area contributed by atoms with Crippen molar-refractivity contribution in [2.75, 3.05) is 44.2 Å². The van der Waals surface area contributed by atoms with Crippen LogP contribution in [0.5, 0.6) is 0 Å². The van der Waals surface area contributed by atoms with Gasteiger partial charge in [0.25, 0.3) is 10.0 Å². The van der Waals surface area contributed by atoms with Gasteiger partial charge in [-0.3, -0.25) is 4.79 Å². The van der Waals surface area contributed by atoms with Crippen LogP contribution in [0.15, 0.2) is 41.9 Å². The Balaban J connectivity index is 1.38. The van der Waals surface area contributed by atoms with Crippen LogP contribution < -0.4 is 4.90 Å². The minimum Gasteiger partial charge on any atom is -0.353 e. The number of anilines is 1. The van der Waals surface area contributed by atoms with Gasteiger partial charge in [0.15, 0.2) is 5.03 Å². The molecular formula is C19H26N6O3S.